The minimum absolute atomic E-state index is 0.0855. The first-order chi connectivity index (χ1) is 9.38. The molecule has 1 aromatic carbocycles. The van der Waals surface area contributed by atoms with Gasteiger partial charge in [-0.25, -0.2) is 8.78 Å². The lowest BCUT2D eigenvalue weighted by Crippen LogP contribution is -2.52. The van der Waals surface area contributed by atoms with Gasteiger partial charge in [0.25, 0.3) is 5.91 Å². The molecule has 8 heteroatoms. The minimum Gasteiger partial charge on any atom is -0.340 e. The van der Waals surface area contributed by atoms with Gasteiger partial charge in [0.1, 0.15) is 6.04 Å². The van der Waals surface area contributed by atoms with Gasteiger partial charge in [0, 0.05) is 6.42 Å². The Bertz CT molecular complexity index is 607. The van der Waals surface area contributed by atoms with Crippen LogP contribution in [-0.4, -0.2) is 23.8 Å². The normalized spacial score (nSPS) is 18.6. The molecule has 1 aromatic rings. The maximum atomic E-state index is 13.1. The number of piperidine rings is 1. The van der Waals surface area contributed by atoms with Crippen LogP contribution in [-0.2, 0) is 9.59 Å². The fraction of sp³-hybridized carbons (Fsp3) is 0.250. The van der Waals surface area contributed by atoms with Gasteiger partial charge >= 0.3 is 0 Å². The molecule has 0 radical (unpaired) electrons. The Morgan fingerprint density at radius 3 is 2.60 bits per heavy atom. The molecule has 0 saturated carbocycles. The van der Waals surface area contributed by atoms with E-state index in [0.29, 0.717) is 12.1 Å². The molecule has 1 aliphatic rings. The lowest BCUT2D eigenvalue weighted by Gasteiger charge is -2.22. The van der Waals surface area contributed by atoms with Gasteiger partial charge in [-0.15, -0.1) is 0 Å². The standard InChI is InChI=1S/C12H9ClF2N2O3/c13-6-4-8(15)7(14)3-5(6)11(19)16-9-1-2-10(18)17-12(9)20/h3-4,9H,1-2H2,(H,16,19)(H,17,18,20). The maximum absolute atomic E-state index is 13.1. The molecule has 1 fully saturated rings. The molecule has 0 aliphatic carbocycles. The van der Waals surface area contributed by atoms with Crippen LogP contribution in [0.1, 0.15) is 23.2 Å². The molecule has 0 spiro atoms. The van der Waals surface area contributed by atoms with Crippen LogP contribution in [0.4, 0.5) is 8.78 Å². The van der Waals surface area contributed by atoms with E-state index in [0.717, 1.165) is 0 Å². The third-order valence-corrected chi connectivity index (χ3v) is 3.11. The molecule has 1 unspecified atom stereocenters. The molecule has 0 aromatic heterocycles. The SMILES string of the molecule is O=C1CCC(NC(=O)c2cc(F)c(F)cc2Cl)C(=O)N1. The van der Waals surface area contributed by atoms with E-state index in [1.54, 1.807) is 0 Å². The highest BCUT2D eigenvalue weighted by atomic mass is 35.5. The van der Waals surface area contributed by atoms with Crippen molar-refractivity contribution >= 4 is 29.3 Å². The first-order valence-corrected chi connectivity index (χ1v) is 6.05. The van der Waals surface area contributed by atoms with Crippen LogP contribution in [0.5, 0.6) is 0 Å². The quantitative estimate of drug-likeness (QED) is 0.636. The number of carbonyl (C=O) groups is 3. The van der Waals surface area contributed by atoms with E-state index in [2.05, 4.69) is 10.6 Å². The minimum atomic E-state index is -1.22. The zero-order valence-corrected chi connectivity index (χ0v) is 10.8. The van der Waals surface area contributed by atoms with Crippen molar-refractivity contribution in [2.24, 2.45) is 0 Å². The molecule has 0 bridgehead atoms. The molecule has 1 saturated heterocycles. The number of rotatable bonds is 2. The summed E-state index contributed by atoms with van der Waals surface area (Å²) in [5, 5.41) is 4.11. The number of nitrogens with one attached hydrogen (secondary N) is 2. The summed E-state index contributed by atoms with van der Waals surface area (Å²) in [5.41, 5.74) is -0.282. The Labute approximate surface area is 117 Å². The molecule has 1 atom stereocenters. The smallest absolute Gasteiger partial charge is 0.253 e. The van der Waals surface area contributed by atoms with E-state index >= 15 is 0 Å². The highest BCUT2D eigenvalue weighted by Crippen LogP contribution is 2.20. The molecular weight excluding hydrogens is 294 g/mol. The Morgan fingerprint density at radius 2 is 1.95 bits per heavy atom. The second-order valence-electron chi connectivity index (χ2n) is 4.22. The third kappa shape index (κ3) is 2.93. The number of amides is 3. The lowest BCUT2D eigenvalue weighted by molar-refractivity contribution is -0.134. The molecule has 3 amide bonds. The Balaban J connectivity index is 2.14. The van der Waals surface area contributed by atoms with Crippen LogP contribution >= 0.6 is 11.6 Å². The van der Waals surface area contributed by atoms with Gasteiger partial charge in [-0.1, -0.05) is 11.6 Å². The van der Waals surface area contributed by atoms with Gasteiger partial charge in [-0.2, -0.15) is 0 Å². The first kappa shape index (κ1) is 14.4. The van der Waals surface area contributed by atoms with Gasteiger partial charge in [0.15, 0.2) is 11.6 Å². The summed E-state index contributed by atoms with van der Waals surface area (Å²) in [7, 11) is 0. The van der Waals surface area contributed by atoms with E-state index in [1.807, 2.05) is 0 Å². The van der Waals surface area contributed by atoms with Gasteiger partial charge in [0.2, 0.25) is 11.8 Å². The van der Waals surface area contributed by atoms with Crippen molar-refractivity contribution in [3.63, 3.8) is 0 Å². The third-order valence-electron chi connectivity index (χ3n) is 2.80. The second-order valence-corrected chi connectivity index (χ2v) is 4.63. The number of carbonyl (C=O) groups excluding carboxylic acids is 3. The molecule has 20 heavy (non-hydrogen) atoms. The molecular formula is C12H9ClF2N2O3. The van der Waals surface area contributed by atoms with E-state index in [9.17, 15) is 23.2 Å². The molecule has 106 valence electrons. The zero-order chi connectivity index (χ0) is 14.9. The highest BCUT2D eigenvalue weighted by Gasteiger charge is 2.28. The highest BCUT2D eigenvalue weighted by molar-refractivity contribution is 6.33. The summed E-state index contributed by atoms with van der Waals surface area (Å²) in [6.07, 6.45) is 0.222. The monoisotopic (exact) mass is 302 g/mol. The van der Waals surface area contributed by atoms with Crippen molar-refractivity contribution in [2.75, 3.05) is 0 Å². The summed E-state index contributed by atoms with van der Waals surface area (Å²) in [6, 6.07) is 0.416. The summed E-state index contributed by atoms with van der Waals surface area (Å²) >= 11 is 5.65. The molecule has 2 N–H and O–H groups in total. The van der Waals surface area contributed by atoms with E-state index < -0.39 is 35.4 Å². The summed E-state index contributed by atoms with van der Waals surface area (Å²) < 4.78 is 26.0. The van der Waals surface area contributed by atoms with Gasteiger partial charge in [0.05, 0.1) is 10.6 Å². The number of hydrogen-bond acceptors (Lipinski definition) is 3. The number of imide groups is 1. The Kier molecular flexibility index (Phi) is 3.99. The average Bonchev–Trinajstić information content (AvgIpc) is 2.37. The topological polar surface area (TPSA) is 75.3 Å². The largest absolute Gasteiger partial charge is 0.340 e. The van der Waals surface area contributed by atoms with Crippen LogP contribution in [0.2, 0.25) is 5.02 Å². The van der Waals surface area contributed by atoms with Crippen molar-refractivity contribution in [2.45, 2.75) is 18.9 Å². The molecule has 1 heterocycles. The first-order valence-electron chi connectivity index (χ1n) is 5.67. The maximum Gasteiger partial charge on any atom is 0.253 e. The van der Waals surface area contributed by atoms with Crippen molar-refractivity contribution in [1.29, 1.82) is 0 Å². The van der Waals surface area contributed by atoms with Crippen LogP contribution in [0, 0.1) is 11.6 Å². The zero-order valence-electron chi connectivity index (χ0n) is 10.0. The van der Waals surface area contributed by atoms with E-state index in [-0.39, 0.29) is 23.4 Å². The van der Waals surface area contributed by atoms with Crippen LogP contribution in [0.25, 0.3) is 0 Å². The summed E-state index contributed by atoms with van der Waals surface area (Å²) in [6.45, 7) is 0. The van der Waals surface area contributed by atoms with E-state index in [4.69, 9.17) is 11.6 Å². The molecule has 1 aliphatic heterocycles. The average molecular weight is 303 g/mol. The van der Waals surface area contributed by atoms with Crippen LogP contribution in [0.15, 0.2) is 12.1 Å². The molecule has 2 rings (SSSR count). The summed E-state index contributed by atoms with van der Waals surface area (Å²) in [4.78, 5) is 34.3. The Morgan fingerprint density at radius 1 is 1.30 bits per heavy atom. The Hall–Kier alpha value is -2.02. The van der Waals surface area contributed by atoms with Gasteiger partial charge < -0.3 is 5.32 Å². The lowest BCUT2D eigenvalue weighted by atomic mass is 10.1. The summed E-state index contributed by atoms with van der Waals surface area (Å²) in [5.74, 6) is -4.28. The number of halogens is 3. The van der Waals surface area contributed by atoms with Crippen molar-refractivity contribution in [3.8, 4) is 0 Å². The number of hydrogen-bond donors (Lipinski definition) is 2. The van der Waals surface area contributed by atoms with Gasteiger partial charge in [-0.05, 0) is 18.6 Å². The predicted molar refractivity (Wildman–Crippen MR) is 65.0 cm³/mol. The predicted octanol–water partition coefficient (Wildman–Crippen LogP) is 1.15. The number of benzene rings is 1. The fourth-order valence-corrected chi connectivity index (χ4v) is 2.00. The molecule has 5 nitrogen and oxygen atoms in total. The van der Waals surface area contributed by atoms with Crippen LogP contribution < -0.4 is 10.6 Å². The van der Waals surface area contributed by atoms with E-state index in [1.165, 1.54) is 0 Å². The van der Waals surface area contributed by atoms with Crippen molar-refractivity contribution in [3.05, 3.63) is 34.4 Å². The van der Waals surface area contributed by atoms with Crippen molar-refractivity contribution < 1.29 is 23.2 Å². The van der Waals surface area contributed by atoms with Crippen LogP contribution in [0.3, 0.4) is 0 Å². The van der Waals surface area contributed by atoms with Crippen molar-refractivity contribution in [1.82, 2.24) is 10.6 Å². The second kappa shape index (κ2) is 5.54. The van der Waals surface area contributed by atoms with Gasteiger partial charge in [-0.3, -0.25) is 19.7 Å². The fourth-order valence-electron chi connectivity index (χ4n) is 1.76.